The lowest BCUT2D eigenvalue weighted by atomic mass is 10.3. The van der Waals surface area contributed by atoms with E-state index in [9.17, 15) is 4.79 Å². The molecule has 0 unspecified atom stereocenters. The van der Waals surface area contributed by atoms with Gasteiger partial charge in [-0.3, -0.25) is 0 Å². The first kappa shape index (κ1) is 9.86. The van der Waals surface area contributed by atoms with Crippen molar-refractivity contribution < 1.29 is 14.1 Å². The lowest BCUT2D eigenvalue weighted by Crippen LogP contribution is -2.36. The Bertz CT molecular complexity index is 504. The van der Waals surface area contributed by atoms with Crippen molar-refractivity contribution >= 4 is 27.5 Å². The van der Waals surface area contributed by atoms with E-state index in [0.717, 1.165) is 16.5 Å². The van der Waals surface area contributed by atoms with Crippen LogP contribution in [0, 0.1) is 0 Å². The lowest BCUT2D eigenvalue weighted by molar-refractivity contribution is -0.655. The minimum Gasteiger partial charge on any atom is -0.430 e. The lowest BCUT2D eigenvalue weighted by Gasteiger charge is -1.93. The van der Waals surface area contributed by atoms with Gasteiger partial charge in [0, 0.05) is 6.07 Å². The molecule has 4 heteroatoms. The molecule has 1 heterocycles. The summed E-state index contributed by atoms with van der Waals surface area (Å²) < 4.78 is 7.70. The number of thiazole rings is 1. The topological polar surface area (TPSA) is 30.2 Å². The summed E-state index contributed by atoms with van der Waals surface area (Å²) in [4.78, 5) is 11.2. The highest BCUT2D eigenvalue weighted by Gasteiger charge is 2.15. The van der Waals surface area contributed by atoms with Gasteiger partial charge in [0.2, 0.25) is 17.6 Å². The summed E-state index contributed by atoms with van der Waals surface area (Å²) in [5.74, 6) is -0.307. The van der Waals surface area contributed by atoms with E-state index in [1.807, 2.05) is 34.3 Å². The van der Waals surface area contributed by atoms with E-state index in [0.29, 0.717) is 0 Å². The third kappa shape index (κ3) is 2.05. The molecule has 3 nitrogen and oxygen atoms in total. The summed E-state index contributed by atoms with van der Waals surface area (Å²) in [6.45, 7) is 3.56. The Kier molecular flexibility index (Phi) is 2.78. The summed E-state index contributed by atoms with van der Waals surface area (Å²) in [6.07, 6.45) is 1.15. The molecule has 0 saturated carbocycles. The molecule has 0 atom stereocenters. The van der Waals surface area contributed by atoms with E-state index in [1.54, 1.807) is 11.3 Å². The molecular weight excluding hydrogens is 210 g/mol. The normalized spacial score (nSPS) is 10.1. The van der Waals surface area contributed by atoms with Crippen molar-refractivity contribution in [1.29, 1.82) is 0 Å². The van der Waals surface area contributed by atoms with Crippen molar-refractivity contribution in [2.75, 3.05) is 0 Å². The molecule has 0 fully saturated rings. The van der Waals surface area contributed by atoms with Gasteiger partial charge >= 0.3 is 5.97 Å². The molecule has 0 N–H and O–H groups in total. The fraction of sp³-hybridized carbons (Fsp3) is 0.0909. The smallest absolute Gasteiger partial charge is 0.377 e. The van der Waals surface area contributed by atoms with Gasteiger partial charge in [-0.15, -0.1) is 0 Å². The number of fused-ring (bicyclic) bond motifs is 1. The number of rotatable bonds is 3. The number of esters is 1. The quantitative estimate of drug-likeness (QED) is 0.449. The van der Waals surface area contributed by atoms with E-state index in [2.05, 4.69) is 11.3 Å². The predicted octanol–water partition coefficient (Wildman–Crippen LogP) is 1.88. The highest BCUT2D eigenvalue weighted by molar-refractivity contribution is 7.16. The second-order valence-corrected chi connectivity index (χ2v) is 3.86. The Hall–Kier alpha value is -1.68. The van der Waals surface area contributed by atoms with Gasteiger partial charge in [0.15, 0.2) is 0 Å². The Morgan fingerprint density at radius 3 is 3.13 bits per heavy atom. The van der Waals surface area contributed by atoms with E-state index in [1.165, 1.54) is 0 Å². The van der Waals surface area contributed by atoms with Crippen LogP contribution in [0.3, 0.4) is 0 Å². The number of nitrogens with zero attached hydrogens (tertiary/aromatic N) is 1. The van der Waals surface area contributed by atoms with Crippen LogP contribution in [0.4, 0.5) is 0 Å². The maximum Gasteiger partial charge on any atom is 0.377 e. The number of carbonyl (C=O) groups excluding carboxylic acids is 1. The monoisotopic (exact) mass is 220 g/mol. The SMILES string of the molecule is C=COC(=O)C[n+]1csc2ccccc21. The van der Waals surface area contributed by atoms with E-state index < -0.39 is 0 Å². The highest BCUT2D eigenvalue weighted by Crippen LogP contribution is 2.14. The van der Waals surface area contributed by atoms with Gasteiger partial charge in [0.05, 0.1) is 6.26 Å². The Labute approximate surface area is 91.2 Å². The van der Waals surface area contributed by atoms with Crippen LogP contribution < -0.4 is 4.57 Å². The number of ether oxygens (including phenoxy) is 1. The van der Waals surface area contributed by atoms with Gasteiger partial charge in [-0.25, -0.2) is 4.79 Å². The summed E-state index contributed by atoms with van der Waals surface area (Å²) in [5, 5.41) is 0. The predicted molar refractivity (Wildman–Crippen MR) is 58.3 cm³/mol. The van der Waals surface area contributed by atoms with Gasteiger partial charge in [-0.1, -0.05) is 30.0 Å². The molecule has 76 valence electrons. The number of para-hydroxylation sites is 1. The maximum atomic E-state index is 11.2. The molecule has 0 aliphatic heterocycles. The van der Waals surface area contributed by atoms with E-state index >= 15 is 0 Å². The molecule has 0 radical (unpaired) electrons. The second kappa shape index (κ2) is 4.23. The van der Waals surface area contributed by atoms with Crippen LogP contribution in [0.25, 0.3) is 10.2 Å². The molecule has 1 aromatic heterocycles. The zero-order chi connectivity index (χ0) is 10.7. The zero-order valence-corrected chi connectivity index (χ0v) is 8.87. The van der Waals surface area contributed by atoms with Crippen molar-refractivity contribution in [2.45, 2.75) is 6.54 Å². The fourth-order valence-electron chi connectivity index (χ4n) is 1.36. The van der Waals surface area contributed by atoms with E-state index in [-0.39, 0.29) is 12.5 Å². The molecule has 2 aromatic rings. The maximum absolute atomic E-state index is 11.2. The molecule has 2 rings (SSSR count). The standard InChI is InChI=1S/C11H10NO2S/c1-2-14-11(13)7-12-8-15-10-6-4-3-5-9(10)12/h2-6,8H,1,7H2/q+1. The molecule has 1 aromatic carbocycles. The molecule has 0 bridgehead atoms. The first-order chi connectivity index (χ1) is 7.31. The summed E-state index contributed by atoms with van der Waals surface area (Å²) in [6, 6.07) is 7.93. The molecule has 0 aliphatic rings. The van der Waals surface area contributed by atoms with Crippen LogP contribution >= 0.6 is 11.3 Å². The number of hydrogen-bond acceptors (Lipinski definition) is 3. The van der Waals surface area contributed by atoms with Crippen LogP contribution in [-0.4, -0.2) is 5.97 Å². The van der Waals surface area contributed by atoms with Crippen LogP contribution in [0.15, 0.2) is 42.6 Å². The molecule has 0 spiro atoms. The average molecular weight is 220 g/mol. The highest BCUT2D eigenvalue weighted by atomic mass is 32.1. The molecule has 15 heavy (non-hydrogen) atoms. The molecule has 0 amide bonds. The van der Waals surface area contributed by atoms with Crippen molar-refractivity contribution in [3.05, 3.63) is 42.6 Å². The minimum absolute atomic E-state index is 0.218. The largest absolute Gasteiger partial charge is 0.430 e. The summed E-state index contributed by atoms with van der Waals surface area (Å²) in [7, 11) is 0. The third-order valence-electron chi connectivity index (χ3n) is 2.00. The fourth-order valence-corrected chi connectivity index (χ4v) is 2.26. The first-order valence-corrected chi connectivity index (χ1v) is 5.35. The van der Waals surface area contributed by atoms with Crippen LogP contribution in [-0.2, 0) is 16.1 Å². The first-order valence-electron chi connectivity index (χ1n) is 4.47. The molecule has 0 saturated heterocycles. The Balaban J connectivity index is 2.28. The zero-order valence-electron chi connectivity index (χ0n) is 8.05. The van der Waals surface area contributed by atoms with Crippen molar-refractivity contribution in [3.63, 3.8) is 0 Å². The van der Waals surface area contributed by atoms with Gasteiger partial charge in [0.25, 0.3) is 0 Å². The average Bonchev–Trinajstić information content (AvgIpc) is 2.62. The number of hydrogen-bond donors (Lipinski definition) is 0. The van der Waals surface area contributed by atoms with Crippen LogP contribution in [0.1, 0.15) is 0 Å². The van der Waals surface area contributed by atoms with Gasteiger partial charge in [-0.05, 0) is 6.07 Å². The van der Waals surface area contributed by atoms with Crippen molar-refractivity contribution in [2.24, 2.45) is 0 Å². The van der Waals surface area contributed by atoms with Gasteiger partial charge < -0.3 is 4.74 Å². The van der Waals surface area contributed by atoms with E-state index in [4.69, 9.17) is 0 Å². The second-order valence-electron chi connectivity index (χ2n) is 2.98. The minimum atomic E-state index is -0.307. The van der Waals surface area contributed by atoms with Crippen LogP contribution in [0.5, 0.6) is 0 Å². The van der Waals surface area contributed by atoms with Gasteiger partial charge in [-0.2, -0.15) is 4.57 Å². The van der Waals surface area contributed by atoms with Crippen LogP contribution in [0.2, 0.25) is 0 Å². The number of carbonyl (C=O) groups is 1. The number of aromatic nitrogens is 1. The molecular formula is C11H10NO2S+. The summed E-state index contributed by atoms with van der Waals surface area (Å²) >= 11 is 1.60. The summed E-state index contributed by atoms with van der Waals surface area (Å²) in [5.41, 5.74) is 2.96. The van der Waals surface area contributed by atoms with Gasteiger partial charge in [0.1, 0.15) is 4.70 Å². The molecule has 0 aliphatic carbocycles. The number of benzene rings is 1. The Morgan fingerprint density at radius 1 is 1.53 bits per heavy atom. The third-order valence-corrected chi connectivity index (χ3v) is 2.95. The van der Waals surface area contributed by atoms with Crippen molar-refractivity contribution in [1.82, 2.24) is 0 Å². The van der Waals surface area contributed by atoms with Crippen molar-refractivity contribution in [3.8, 4) is 0 Å². The Morgan fingerprint density at radius 2 is 2.33 bits per heavy atom.